The highest BCUT2D eigenvalue weighted by molar-refractivity contribution is 7.91. The Morgan fingerprint density at radius 1 is 1.50 bits per heavy atom. The fourth-order valence-electron chi connectivity index (χ4n) is 1.83. The van der Waals surface area contributed by atoms with Gasteiger partial charge < -0.3 is 10.2 Å². The Labute approximate surface area is 105 Å². The largest absolute Gasteiger partial charge is 0.360 e. The number of sulfone groups is 1. The number of anilines is 2. The molecule has 1 aliphatic rings. The first-order chi connectivity index (χ1) is 8.37. The highest BCUT2D eigenvalue weighted by Gasteiger charge is 2.28. The molecular weight excluding hydrogens is 259 g/mol. The molecule has 0 radical (unpaired) electrons. The Hall–Kier alpha value is -1.44. The number of hydrogen-bond donors (Lipinski definition) is 1. The minimum Gasteiger partial charge on any atom is -0.360 e. The van der Waals surface area contributed by atoms with Crippen LogP contribution in [0.4, 0.5) is 16.2 Å². The maximum Gasteiger partial charge on any atom is 0.225 e. The van der Waals surface area contributed by atoms with Crippen molar-refractivity contribution in [2.75, 3.05) is 35.8 Å². The van der Waals surface area contributed by atoms with Crippen LogP contribution in [0.2, 0.25) is 0 Å². The average molecular weight is 274 g/mol. The number of aromatic nitrogens is 2. The second kappa shape index (κ2) is 4.68. The van der Waals surface area contributed by atoms with Crippen molar-refractivity contribution in [3.05, 3.63) is 12.0 Å². The Morgan fingerprint density at radius 3 is 2.78 bits per heavy atom. The van der Waals surface area contributed by atoms with Crippen molar-refractivity contribution in [2.24, 2.45) is 0 Å². The number of nitrogens with zero attached hydrogens (tertiary/aromatic N) is 3. The molecule has 0 spiro atoms. The van der Waals surface area contributed by atoms with E-state index in [1.807, 2.05) is 0 Å². The van der Waals surface area contributed by atoms with Gasteiger partial charge in [-0.05, 0) is 6.42 Å². The second-order valence-corrected chi connectivity index (χ2v) is 6.73. The summed E-state index contributed by atoms with van der Waals surface area (Å²) in [7, 11) is 0.399. The van der Waals surface area contributed by atoms with E-state index in [9.17, 15) is 12.8 Å². The average Bonchev–Trinajstić information content (AvgIpc) is 2.60. The van der Waals surface area contributed by atoms with E-state index < -0.39 is 15.7 Å². The van der Waals surface area contributed by atoms with Gasteiger partial charge in [0.05, 0.1) is 17.7 Å². The monoisotopic (exact) mass is 274 g/mol. The summed E-state index contributed by atoms with van der Waals surface area (Å²) in [6.07, 6.45) is 1.61. The van der Waals surface area contributed by atoms with Crippen LogP contribution in [-0.4, -0.2) is 50.0 Å². The third-order valence-corrected chi connectivity index (χ3v) is 4.48. The van der Waals surface area contributed by atoms with Crippen molar-refractivity contribution in [3.8, 4) is 0 Å². The minimum absolute atomic E-state index is 0.0744. The van der Waals surface area contributed by atoms with Gasteiger partial charge in [-0.15, -0.1) is 0 Å². The molecule has 1 saturated heterocycles. The molecule has 2 heterocycles. The first-order valence-corrected chi connectivity index (χ1v) is 7.36. The summed E-state index contributed by atoms with van der Waals surface area (Å²) in [5.41, 5.74) is 0. The van der Waals surface area contributed by atoms with Gasteiger partial charge in [-0.1, -0.05) is 0 Å². The van der Waals surface area contributed by atoms with E-state index in [0.717, 1.165) is 6.20 Å². The van der Waals surface area contributed by atoms with Gasteiger partial charge in [-0.2, -0.15) is 4.98 Å². The first-order valence-electron chi connectivity index (χ1n) is 5.54. The van der Waals surface area contributed by atoms with E-state index in [0.29, 0.717) is 6.42 Å². The lowest BCUT2D eigenvalue weighted by Gasteiger charge is -2.15. The third kappa shape index (κ3) is 2.87. The van der Waals surface area contributed by atoms with Crippen LogP contribution in [0.1, 0.15) is 6.42 Å². The summed E-state index contributed by atoms with van der Waals surface area (Å²) < 4.78 is 36.0. The molecule has 0 aliphatic carbocycles. The first kappa shape index (κ1) is 13.0. The molecule has 1 atom stereocenters. The van der Waals surface area contributed by atoms with E-state index >= 15 is 0 Å². The molecule has 0 unspecified atom stereocenters. The lowest BCUT2D eigenvalue weighted by molar-refractivity contribution is 0.601. The molecule has 0 amide bonds. The molecule has 8 heteroatoms. The summed E-state index contributed by atoms with van der Waals surface area (Å²) in [6, 6.07) is -0.199. The molecule has 0 aromatic carbocycles. The normalized spacial score (nSPS) is 21.8. The highest BCUT2D eigenvalue weighted by atomic mass is 32.2. The van der Waals surface area contributed by atoms with Crippen molar-refractivity contribution in [1.29, 1.82) is 0 Å². The van der Waals surface area contributed by atoms with Crippen LogP contribution in [0.25, 0.3) is 0 Å². The minimum atomic E-state index is -2.95. The van der Waals surface area contributed by atoms with Gasteiger partial charge in [-0.25, -0.2) is 17.8 Å². The molecule has 18 heavy (non-hydrogen) atoms. The van der Waals surface area contributed by atoms with Gasteiger partial charge >= 0.3 is 0 Å². The van der Waals surface area contributed by atoms with Crippen molar-refractivity contribution in [1.82, 2.24) is 9.97 Å². The number of halogens is 1. The smallest absolute Gasteiger partial charge is 0.225 e. The molecule has 6 nitrogen and oxygen atoms in total. The maximum absolute atomic E-state index is 13.4. The molecule has 1 aliphatic heterocycles. The van der Waals surface area contributed by atoms with Crippen LogP contribution in [0, 0.1) is 5.82 Å². The Bertz CT molecular complexity index is 547. The zero-order valence-corrected chi connectivity index (χ0v) is 11.0. The van der Waals surface area contributed by atoms with Gasteiger partial charge in [0.15, 0.2) is 21.5 Å². The Balaban J connectivity index is 2.13. The summed E-state index contributed by atoms with van der Waals surface area (Å²) >= 11 is 0. The summed E-state index contributed by atoms with van der Waals surface area (Å²) in [6.45, 7) is 0. The molecule has 1 aromatic heterocycles. The van der Waals surface area contributed by atoms with E-state index in [1.165, 1.54) is 4.90 Å². The lowest BCUT2D eigenvalue weighted by atomic mass is 10.3. The van der Waals surface area contributed by atoms with Gasteiger partial charge in [0.1, 0.15) is 0 Å². The van der Waals surface area contributed by atoms with Crippen molar-refractivity contribution >= 4 is 21.6 Å². The summed E-state index contributed by atoms with van der Waals surface area (Å²) in [4.78, 5) is 9.37. The fourth-order valence-corrected chi connectivity index (χ4v) is 3.51. The van der Waals surface area contributed by atoms with Crippen LogP contribution in [0.5, 0.6) is 0 Å². The van der Waals surface area contributed by atoms with Crippen LogP contribution in [0.3, 0.4) is 0 Å². The standard InChI is InChI=1S/C10H15FN4O2S/c1-15(2)9-8(11)5-12-10(14-9)13-7-3-4-18(16,17)6-7/h5,7H,3-4,6H2,1-2H3,(H,12,13,14)/t7-/m0/s1. The summed E-state index contributed by atoms with van der Waals surface area (Å²) in [5, 5.41) is 2.92. The number of hydrogen-bond acceptors (Lipinski definition) is 6. The SMILES string of the molecule is CN(C)c1nc(N[C@H]2CCS(=O)(=O)C2)ncc1F. The Kier molecular flexibility index (Phi) is 3.38. The zero-order chi connectivity index (χ0) is 13.3. The van der Waals surface area contributed by atoms with Crippen LogP contribution in [0.15, 0.2) is 6.20 Å². The van der Waals surface area contributed by atoms with E-state index in [1.54, 1.807) is 14.1 Å². The molecule has 0 bridgehead atoms. The predicted molar refractivity (Wildman–Crippen MR) is 67.0 cm³/mol. The molecule has 1 aromatic rings. The zero-order valence-electron chi connectivity index (χ0n) is 10.2. The quantitative estimate of drug-likeness (QED) is 0.853. The number of nitrogens with one attached hydrogen (secondary N) is 1. The van der Waals surface area contributed by atoms with Crippen molar-refractivity contribution in [2.45, 2.75) is 12.5 Å². The summed E-state index contributed by atoms with van der Waals surface area (Å²) in [5.74, 6) is 0.164. The van der Waals surface area contributed by atoms with Gasteiger partial charge in [-0.3, -0.25) is 0 Å². The lowest BCUT2D eigenvalue weighted by Crippen LogP contribution is -2.23. The molecule has 1 N–H and O–H groups in total. The van der Waals surface area contributed by atoms with Crippen LogP contribution >= 0.6 is 0 Å². The molecule has 100 valence electrons. The predicted octanol–water partition coefficient (Wildman–Crippen LogP) is 0.281. The Morgan fingerprint density at radius 2 is 2.22 bits per heavy atom. The van der Waals surface area contributed by atoms with Crippen LogP contribution < -0.4 is 10.2 Å². The van der Waals surface area contributed by atoms with Crippen molar-refractivity contribution < 1.29 is 12.8 Å². The van der Waals surface area contributed by atoms with Gasteiger partial charge in [0.2, 0.25) is 5.95 Å². The van der Waals surface area contributed by atoms with Gasteiger partial charge in [0, 0.05) is 20.1 Å². The van der Waals surface area contributed by atoms with E-state index in [2.05, 4.69) is 15.3 Å². The topological polar surface area (TPSA) is 75.2 Å². The van der Waals surface area contributed by atoms with Crippen molar-refractivity contribution in [3.63, 3.8) is 0 Å². The molecule has 2 rings (SSSR count). The molecule has 0 saturated carbocycles. The maximum atomic E-state index is 13.4. The van der Waals surface area contributed by atoms with Gasteiger partial charge in [0.25, 0.3) is 0 Å². The van der Waals surface area contributed by atoms with E-state index in [4.69, 9.17) is 0 Å². The highest BCUT2D eigenvalue weighted by Crippen LogP contribution is 2.18. The van der Waals surface area contributed by atoms with Crippen LogP contribution in [-0.2, 0) is 9.84 Å². The second-order valence-electron chi connectivity index (χ2n) is 4.50. The molecular formula is C10H15FN4O2S. The fraction of sp³-hybridized carbons (Fsp3) is 0.600. The number of rotatable bonds is 3. The molecule has 1 fully saturated rings. The van der Waals surface area contributed by atoms with E-state index in [-0.39, 0.29) is 29.3 Å². The third-order valence-electron chi connectivity index (χ3n) is 2.71.